The summed E-state index contributed by atoms with van der Waals surface area (Å²) in [4.78, 5) is 16.1. The molecule has 0 atom stereocenters. The van der Waals surface area contributed by atoms with Crippen molar-refractivity contribution < 1.29 is 27.1 Å². The number of esters is 1. The SMILES string of the molecule is O=C(Oc1ccc(C=Nc2ccc(C(F)(F)F)cc2)cc1)c1ccc(F)cc1. The Labute approximate surface area is 157 Å². The second-order valence-electron chi connectivity index (χ2n) is 5.77. The van der Waals surface area contributed by atoms with Gasteiger partial charge in [-0.05, 0) is 78.4 Å². The molecule has 0 aliphatic heterocycles. The van der Waals surface area contributed by atoms with Crippen LogP contribution in [0.3, 0.4) is 0 Å². The maximum absolute atomic E-state index is 12.9. The zero-order valence-electron chi connectivity index (χ0n) is 14.3. The largest absolute Gasteiger partial charge is 0.423 e. The standard InChI is InChI=1S/C21H13F4NO2/c22-17-7-3-15(4-8-17)20(27)28-19-11-1-14(2-12-19)13-26-18-9-5-16(6-10-18)21(23,24)25/h1-13H. The summed E-state index contributed by atoms with van der Waals surface area (Å²) < 4.78 is 55.7. The number of halogens is 4. The lowest BCUT2D eigenvalue weighted by atomic mass is 10.2. The van der Waals surface area contributed by atoms with Crippen molar-refractivity contribution in [1.29, 1.82) is 0 Å². The molecule has 3 rings (SSSR count). The maximum atomic E-state index is 12.9. The van der Waals surface area contributed by atoms with E-state index < -0.39 is 23.5 Å². The first-order valence-electron chi connectivity index (χ1n) is 8.10. The molecule has 0 amide bonds. The minimum Gasteiger partial charge on any atom is -0.423 e. The third kappa shape index (κ3) is 5.03. The van der Waals surface area contributed by atoms with Gasteiger partial charge in [0.05, 0.1) is 16.8 Å². The van der Waals surface area contributed by atoms with E-state index in [-0.39, 0.29) is 5.56 Å². The van der Waals surface area contributed by atoms with Gasteiger partial charge in [-0.2, -0.15) is 13.2 Å². The summed E-state index contributed by atoms with van der Waals surface area (Å²) in [5.74, 6) is -0.777. The van der Waals surface area contributed by atoms with E-state index in [1.54, 1.807) is 24.3 Å². The zero-order chi connectivity index (χ0) is 20.1. The molecule has 0 fully saturated rings. The van der Waals surface area contributed by atoms with Crippen molar-refractivity contribution in [3.63, 3.8) is 0 Å². The number of hydrogen-bond acceptors (Lipinski definition) is 3. The van der Waals surface area contributed by atoms with Crippen molar-refractivity contribution >= 4 is 17.9 Å². The lowest BCUT2D eigenvalue weighted by Gasteiger charge is -2.06. The Kier molecular flexibility index (Phi) is 5.54. The fourth-order valence-corrected chi connectivity index (χ4v) is 2.26. The molecule has 0 bridgehead atoms. The summed E-state index contributed by atoms with van der Waals surface area (Å²) in [5, 5.41) is 0. The molecule has 0 aliphatic rings. The minimum atomic E-state index is -4.39. The summed E-state index contributed by atoms with van der Waals surface area (Å²) in [6.07, 6.45) is -2.91. The summed E-state index contributed by atoms with van der Waals surface area (Å²) in [5.41, 5.74) is 0.523. The number of carbonyl (C=O) groups is 1. The van der Waals surface area contributed by atoms with Crippen LogP contribution in [0, 0.1) is 5.82 Å². The average molecular weight is 387 g/mol. The van der Waals surface area contributed by atoms with E-state index in [0.717, 1.165) is 24.3 Å². The second kappa shape index (κ2) is 8.04. The van der Waals surface area contributed by atoms with Crippen molar-refractivity contribution in [3.05, 3.63) is 95.3 Å². The van der Waals surface area contributed by atoms with Crippen LogP contribution in [0.5, 0.6) is 5.75 Å². The van der Waals surface area contributed by atoms with Gasteiger partial charge in [-0.15, -0.1) is 0 Å². The van der Waals surface area contributed by atoms with E-state index in [1.807, 2.05) is 0 Å². The van der Waals surface area contributed by atoms with Gasteiger partial charge in [0.25, 0.3) is 0 Å². The van der Waals surface area contributed by atoms with Gasteiger partial charge >= 0.3 is 12.1 Å². The molecule has 0 heterocycles. The Bertz CT molecular complexity index is 977. The smallest absolute Gasteiger partial charge is 0.416 e. The van der Waals surface area contributed by atoms with E-state index in [2.05, 4.69) is 4.99 Å². The van der Waals surface area contributed by atoms with Crippen LogP contribution in [0.1, 0.15) is 21.5 Å². The van der Waals surface area contributed by atoms with Crippen LogP contribution in [-0.4, -0.2) is 12.2 Å². The highest BCUT2D eigenvalue weighted by molar-refractivity contribution is 5.91. The first kappa shape index (κ1) is 19.3. The van der Waals surface area contributed by atoms with Crippen LogP contribution in [-0.2, 0) is 6.18 Å². The lowest BCUT2D eigenvalue weighted by molar-refractivity contribution is -0.137. The van der Waals surface area contributed by atoms with Gasteiger partial charge < -0.3 is 4.74 Å². The summed E-state index contributed by atoms with van der Waals surface area (Å²) in [6, 6.07) is 15.8. The Morgan fingerprint density at radius 2 is 1.46 bits per heavy atom. The fourth-order valence-electron chi connectivity index (χ4n) is 2.26. The number of aliphatic imine (C=N–C) groups is 1. The average Bonchev–Trinajstić information content (AvgIpc) is 2.67. The predicted octanol–water partition coefficient (Wildman–Crippen LogP) is 5.81. The number of ether oxygens (including phenoxy) is 1. The molecule has 28 heavy (non-hydrogen) atoms. The second-order valence-corrected chi connectivity index (χ2v) is 5.77. The van der Waals surface area contributed by atoms with Crippen LogP contribution in [0.15, 0.2) is 77.8 Å². The van der Waals surface area contributed by atoms with Crippen molar-refractivity contribution in [1.82, 2.24) is 0 Å². The number of nitrogens with zero attached hydrogens (tertiary/aromatic N) is 1. The highest BCUT2D eigenvalue weighted by Crippen LogP contribution is 2.30. The molecular formula is C21H13F4NO2. The van der Waals surface area contributed by atoms with Crippen LogP contribution in [0.25, 0.3) is 0 Å². The summed E-state index contributed by atoms with van der Waals surface area (Å²) in [6.45, 7) is 0. The highest BCUT2D eigenvalue weighted by Gasteiger charge is 2.29. The Morgan fingerprint density at radius 1 is 0.857 bits per heavy atom. The molecule has 0 aromatic heterocycles. The van der Waals surface area contributed by atoms with Gasteiger partial charge in [0.2, 0.25) is 0 Å². The molecule has 3 aromatic rings. The fraction of sp³-hybridized carbons (Fsp3) is 0.0476. The maximum Gasteiger partial charge on any atom is 0.416 e. The van der Waals surface area contributed by atoms with E-state index in [4.69, 9.17) is 4.74 Å². The molecule has 0 saturated heterocycles. The zero-order valence-corrected chi connectivity index (χ0v) is 14.3. The van der Waals surface area contributed by atoms with E-state index in [1.165, 1.54) is 30.5 Å². The first-order chi connectivity index (χ1) is 13.3. The van der Waals surface area contributed by atoms with Crippen LogP contribution in [0.4, 0.5) is 23.2 Å². The Balaban J connectivity index is 1.63. The summed E-state index contributed by atoms with van der Waals surface area (Å²) >= 11 is 0. The van der Waals surface area contributed by atoms with E-state index in [9.17, 15) is 22.4 Å². The highest BCUT2D eigenvalue weighted by atomic mass is 19.4. The third-order valence-electron chi connectivity index (χ3n) is 3.73. The molecule has 7 heteroatoms. The van der Waals surface area contributed by atoms with Crippen LogP contribution in [0.2, 0.25) is 0 Å². The van der Waals surface area contributed by atoms with E-state index in [0.29, 0.717) is 17.0 Å². The molecular weight excluding hydrogens is 374 g/mol. The van der Waals surface area contributed by atoms with Gasteiger partial charge in [-0.3, -0.25) is 4.99 Å². The van der Waals surface area contributed by atoms with Crippen molar-refractivity contribution in [3.8, 4) is 5.75 Å². The number of carbonyl (C=O) groups excluding carboxylic acids is 1. The number of hydrogen-bond donors (Lipinski definition) is 0. The van der Waals surface area contributed by atoms with Gasteiger partial charge in [0.1, 0.15) is 11.6 Å². The van der Waals surface area contributed by atoms with Crippen LogP contribution >= 0.6 is 0 Å². The normalized spacial score (nSPS) is 11.6. The number of alkyl halides is 3. The molecule has 0 aliphatic carbocycles. The van der Waals surface area contributed by atoms with Gasteiger partial charge in [-0.1, -0.05) is 0 Å². The Hall–Kier alpha value is -3.48. The quantitative estimate of drug-likeness (QED) is 0.245. The number of rotatable bonds is 4. The molecule has 0 unspecified atom stereocenters. The van der Waals surface area contributed by atoms with Gasteiger partial charge in [0.15, 0.2) is 0 Å². The van der Waals surface area contributed by atoms with Gasteiger partial charge in [0, 0.05) is 6.21 Å². The predicted molar refractivity (Wildman–Crippen MR) is 96.5 cm³/mol. The summed E-state index contributed by atoms with van der Waals surface area (Å²) in [7, 11) is 0. The molecule has 142 valence electrons. The first-order valence-corrected chi connectivity index (χ1v) is 8.10. The van der Waals surface area contributed by atoms with Crippen molar-refractivity contribution in [2.45, 2.75) is 6.18 Å². The Morgan fingerprint density at radius 3 is 2.04 bits per heavy atom. The molecule has 3 aromatic carbocycles. The number of benzene rings is 3. The lowest BCUT2D eigenvalue weighted by Crippen LogP contribution is -2.08. The van der Waals surface area contributed by atoms with Crippen LogP contribution < -0.4 is 4.74 Å². The molecule has 0 N–H and O–H groups in total. The van der Waals surface area contributed by atoms with Gasteiger partial charge in [-0.25, -0.2) is 9.18 Å². The molecule has 3 nitrogen and oxygen atoms in total. The third-order valence-corrected chi connectivity index (χ3v) is 3.73. The topological polar surface area (TPSA) is 38.7 Å². The molecule has 0 spiro atoms. The molecule has 0 saturated carbocycles. The monoisotopic (exact) mass is 387 g/mol. The van der Waals surface area contributed by atoms with Crippen molar-refractivity contribution in [2.24, 2.45) is 4.99 Å². The minimum absolute atomic E-state index is 0.217. The molecule has 0 radical (unpaired) electrons. The van der Waals surface area contributed by atoms with E-state index >= 15 is 0 Å². The van der Waals surface area contributed by atoms with Crippen molar-refractivity contribution in [2.75, 3.05) is 0 Å².